The average Bonchev–Trinajstić information content (AvgIpc) is 3.44. The number of phenols is 4. The van der Waals surface area contributed by atoms with E-state index in [0.29, 0.717) is 72.9 Å². The first-order valence-electron chi connectivity index (χ1n) is 17.1. The number of allylic oxidation sites excluding steroid dienone is 2. The summed E-state index contributed by atoms with van der Waals surface area (Å²) in [6.45, 7) is 2.69. The molecule has 0 bridgehead atoms. The van der Waals surface area contributed by atoms with E-state index >= 15 is 0 Å². The SMILES string of the molecule is Cl.Cl.O=C1C=CC2=C3c4cc(O)c(O)cc4CC3(O)COC2=C1O.O=C1c2c(O)ccc(O)c2C(=O)c2c(NCCNCCO)ccc(NCCNCCO)c21. The van der Waals surface area contributed by atoms with Gasteiger partial charge in [-0.3, -0.25) is 14.4 Å². The third-order valence-electron chi connectivity index (χ3n) is 9.32. The minimum atomic E-state index is -1.33. The maximum Gasteiger partial charge on any atom is 0.224 e. The Labute approximate surface area is 332 Å². The number of ether oxygens (including phenoxy) is 1. The fourth-order valence-electron chi connectivity index (χ4n) is 6.90. The highest BCUT2D eigenvalue weighted by Gasteiger charge is 2.48. The third kappa shape index (κ3) is 8.13. The van der Waals surface area contributed by atoms with E-state index in [-0.39, 0.29) is 102 Å². The van der Waals surface area contributed by atoms with Crippen molar-refractivity contribution in [1.29, 1.82) is 0 Å². The molecule has 0 amide bonds. The van der Waals surface area contributed by atoms with Crippen molar-refractivity contribution in [2.75, 3.05) is 69.7 Å². The van der Waals surface area contributed by atoms with Crippen molar-refractivity contribution in [2.24, 2.45) is 0 Å². The van der Waals surface area contributed by atoms with Gasteiger partial charge < -0.3 is 66.9 Å². The van der Waals surface area contributed by atoms with Gasteiger partial charge in [0.05, 0.1) is 35.5 Å². The Morgan fingerprint density at radius 1 is 0.643 bits per heavy atom. The Morgan fingerprint density at radius 3 is 1.68 bits per heavy atom. The van der Waals surface area contributed by atoms with Crippen LogP contribution in [0.2, 0.25) is 0 Å². The highest BCUT2D eigenvalue weighted by Crippen LogP contribution is 2.50. The number of aromatic hydroxyl groups is 4. The topological polar surface area (TPSA) is 270 Å². The molecule has 3 aliphatic carbocycles. The molecule has 1 aliphatic heterocycles. The van der Waals surface area contributed by atoms with E-state index in [4.69, 9.17) is 14.9 Å². The van der Waals surface area contributed by atoms with Crippen molar-refractivity contribution in [2.45, 2.75) is 12.0 Å². The Kier molecular flexibility index (Phi) is 14.0. The molecule has 0 fully saturated rings. The molecule has 0 saturated heterocycles. The predicted molar refractivity (Wildman–Crippen MR) is 210 cm³/mol. The summed E-state index contributed by atoms with van der Waals surface area (Å²) in [5.74, 6) is -3.44. The highest BCUT2D eigenvalue weighted by atomic mass is 35.5. The first-order chi connectivity index (χ1) is 25.9. The summed E-state index contributed by atoms with van der Waals surface area (Å²) in [4.78, 5) is 38.3. The zero-order valence-electron chi connectivity index (χ0n) is 29.7. The Balaban J connectivity index is 0.000000254. The lowest BCUT2D eigenvalue weighted by molar-refractivity contribution is -0.114. The molecule has 0 saturated carbocycles. The number of fused-ring (bicyclic) bond motifs is 6. The van der Waals surface area contributed by atoms with Gasteiger partial charge in [0.25, 0.3) is 0 Å². The number of hydrogen-bond donors (Lipinski definition) is 12. The number of ketones is 3. The number of rotatable bonds is 12. The number of hydrogen-bond acceptors (Lipinski definition) is 16. The molecule has 1 unspecified atom stereocenters. The van der Waals surface area contributed by atoms with E-state index in [0.717, 1.165) is 0 Å². The van der Waals surface area contributed by atoms with Crippen LogP contribution in [-0.4, -0.2) is 123 Å². The molecule has 1 atom stereocenters. The molecular formula is C38H42Cl2N4O12. The molecule has 1 heterocycles. The number of phenolic OH excluding ortho intramolecular Hbond substituents is 4. The fraction of sp³-hybridized carbons (Fsp3) is 0.289. The lowest BCUT2D eigenvalue weighted by atomic mass is 9.81. The van der Waals surface area contributed by atoms with Crippen molar-refractivity contribution in [1.82, 2.24) is 10.6 Å². The van der Waals surface area contributed by atoms with E-state index in [2.05, 4.69) is 21.3 Å². The zero-order valence-corrected chi connectivity index (χ0v) is 31.4. The molecular weight excluding hydrogens is 775 g/mol. The number of halogens is 2. The van der Waals surface area contributed by atoms with Gasteiger partial charge in [0.15, 0.2) is 17.3 Å². The van der Waals surface area contributed by atoms with Crippen LogP contribution in [0, 0.1) is 0 Å². The van der Waals surface area contributed by atoms with Crippen molar-refractivity contribution in [3.05, 3.63) is 99.0 Å². The van der Waals surface area contributed by atoms with Crippen LogP contribution in [-0.2, 0) is 16.0 Å². The molecule has 300 valence electrons. The summed E-state index contributed by atoms with van der Waals surface area (Å²) in [6, 6.07) is 8.51. The Morgan fingerprint density at radius 2 is 1.16 bits per heavy atom. The number of carbonyl (C=O) groups excluding carboxylic acids is 3. The van der Waals surface area contributed by atoms with Crippen LogP contribution in [0.5, 0.6) is 23.0 Å². The predicted octanol–water partition coefficient (Wildman–Crippen LogP) is 1.78. The minimum Gasteiger partial charge on any atom is -0.507 e. The number of carbonyl (C=O) groups is 3. The van der Waals surface area contributed by atoms with Gasteiger partial charge in [0.1, 0.15) is 23.7 Å². The van der Waals surface area contributed by atoms with E-state index in [9.17, 15) is 45.0 Å². The number of nitrogens with one attached hydrogen (secondary N) is 4. The van der Waals surface area contributed by atoms with E-state index in [1.807, 2.05) is 0 Å². The summed E-state index contributed by atoms with van der Waals surface area (Å²) < 4.78 is 5.40. The van der Waals surface area contributed by atoms with Gasteiger partial charge in [-0.05, 0) is 59.7 Å². The number of aliphatic hydroxyl groups is 4. The van der Waals surface area contributed by atoms with Crippen LogP contribution < -0.4 is 21.3 Å². The maximum absolute atomic E-state index is 13.4. The van der Waals surface area contributed by atoms with Gasteiger partial charge in [-0.25, -0.2) is 0 Å². The minimum absolute atomic E-state index is 0. The lowest BCUT2D eigenvalue weighted by Crippen LogP contribution is -2.39. The molecule has 18 heteroatoms. The smallest absolute Gasteiger partial charge is 0.224 e. The molecule has 7 rings (SSSR count). The first-order valence-corrected chi connectivity index (χ1v) is 17.1. The second-order valence-corrected chi connectivity index (χ2v) is 12.9. The van der Waals surface area contributed by atoms with Gasteiger partial charge in [0.2, 0.25) is 23.1 Å². The highest BCUT2D eigenvalue weighted by molar-refractivity contribution is 6.33. The molecule has 12 N–H and O–H groups in total. The monoisotopic (exact) mass is 816 g/mol. The second kappa shape index (κ2) is 18.1. The van der Waals surface area contributed by atoms with Crippen LogP contribution in [0.1, 0.15) is 43.0 Å². The number of anilines is 2. The molecule has 3 aromatic rings. The van der Waals surface area contributed by atoms with Crippen molar-refractivity contribution in [3.8, 4) is 23.0 Å². The Hall–Kier alpha value is -5.33. The summed E-state index contributed by atoms with van der Waals surface area (Å²) in [6.07, 6.45) is 2.90. The number of benzene rings is 3. The van der Waals surface area contributed by atoms with Gasteiger partial charge in [0, 0.05) is 68.2 Å². The van der Waals surface area contributed by atoms with Crippen LogP contribution in [0.3, 0.4) is 0 Å². The first kappa shape index (κ1) is 43.4. The summed E-state index contributed by atoms with van der Waals surface area (Å²) in [7, 11) is 0. The maximum atomic E-state index is 13.4. The van der Waals surface area contributed by atoms with Crippen LogP contribution in [0.15, 0.2) is 65.6 Å². The van der Waals surface area contributed by atoms with Crippen molar-refractivity contribution in [3.63, 3.8) is 0 Å². The second-order valence-electron chi connectivity index (χ2n) is 12.9. The molecule has 4 aliphatic rings. The average molecular weight is 818 g/mol. The summed E-state index contributed by atoms with van der Waals surface area (Å²) in [5, 5.41) is 90.6. The van der Waals surface area contributed by atoms with E-state index in [1.54, 1.807) is 12.1 Å². The number of aliphatic hydroxyl groups excluding tert-OH is 3. The molecule has 0 radical (unpaired) electrons. The van der Waals surface area contributed by atoms with Crippen LogP contribution in [0.4, 0.5) is 11.4 Å². The zero-order chi connectivity index (χ0) is 38.7. The quantitative estimate of drug-likeness (QED) is 0.0552. The molecule has 3 aromatic carbocycles. The normalized spacial score (nSPS) is 17.2. The fourth-order valence-corrected chi connectivity index (χ4v) is 6.90. The molecule has 56 heavy (non-hydrogen) atoms. The largest absolute Gasteiger partial charge is 0.507 e. The van der Waals surface area contributed by atoms with E-state index in [1.165, 1.54) is 36.4 Å². The lowest BCUT2D eigenvalue weighted by Gasteiger charge is -2.33. The molecule has 0 spiro atoms. The van der Waals surface area contributed by atoms with Gasteiger partial charge in [-0.15, -0.1) is 24.8 Å². The van der Waals surface area contributed by atoms with Gasteiger partial charge in [-0.1, -0.05) is 0 Å². The Bertz CT molecular complexity index is 2060. The summed E-state index contributed by atoms with van der Waals surface area (Å²) >= 11 is 0. The molecule has 16 nitrogen and oxygen atoms in total. The van der Waals surface area contributed by atoms with Crippen LogP contribution >= 0.6 is 24.8 Å². The standard InChI is InChI=1S/C22H28N4O6.C16H12O6.2ClH/c27-11-9-23-5-7-25-13-1-2-14(26-8-6-24-10-12-28)18-17(13)21(31)19-15(29)3-4-16(30)20(19)22(18)32;17-10-2-1-8-13-9-4-12(19)11(18)3-7(9)5-16(13,21)6-22-15(8)14(10)20;;/h1-4,23-30H,5-12H2;1-4,18-21H,5-6H2;2*1H. The van der Waals surface area contributed by atoms with Crippen molar-refractivity contribution >= 4 is 59.1 Å². The van der Waals surface area contributed by atoms with Crippen LogP contribution in [0.25, 0.3) is 5.57 Å². The summed E-state index contributed by atoms with van der Waals surface area (Å²) in [5.41, 5.74) is 1.48. The van der Waals surface area contributed by atoms with Gasteiger partial charge in [-0.2, -0.15) is 0 Å². The molecule has 0 aromatic heterocycles. The van der Waals surface area contributed by atoms with Gasteiger partial charge >= 0.3 is 0 Å². The van der Waals surface area contributed by atoms with Crippen molar-refractivity contribution < 1.29 is 60.0 Å². The van der Waals surface area contributed by atoms with E-state index < -0.39 is 28.7 Å². The third-order valence-corrected chi connectivity index (χ3v) is 9.32.